The number of anilines is 1. The number of hydrogen-bond donors (Lipinski definition) is 1. The van der Waals surface area contributed by atoms with Crippen molar-refractivity contribution in [3.05, 3.63) is 29.8 Å². The Morgan fingerprint density at radius 1 is 1.17 bits per heavy atom. The summed E-state index contributed by atoms with van der Waals surface area (Å²) < 4.78 is 4.90. The standard InChI is InChI=1S/C16H18N4O4/c1-2-24-16(23)20-9-7-19(8-10-20)15(22)14(21)18-13-6-4-3-5-12(13)11-17/h3-6H,2,7-10H2,1H3,(H,18,21). The molecule has 24 heavy (non-hydrogen) atoms. The van der Waals surface area contributed by atoms with E-state index in [2.05, 4.69) is 5.32 Å². The molecule has 1 aliphatic rings. The maximum Gasteiger partial charge on any atom is 0.409 e. The van der Waals surface area contributed by atoms with Crippen molar-refractivity contribution in [2.75, 3.05) is 38.1 Å². The number of carbonyl (C=O) groups excluding carboxylic acids is 3. The highest BCUT2D eigenvalue weighted by Crippen LogP contribution is 2.14. The molecule has 1 saturated heterocycles. The van der Waals surface area contributed by atoms with Crippen molar-refractivity contribution in [1.29, 1.82) is 5.26 Å². The van der Waals surface area contributed by atoms with E-state index in [9.17, 15) is 14.4 Å². The Bertz CT molecular complexity index is 675. The van der Waals surface area contributed by atoms with E-state index in [0.717, 1.165) is 0 Å². The van der Waals surface area contributed by atoms with E-state index >= 15 is 0 Å². The number of ether oxygens (including phenoxy) is 1. The fourth-order valence-electron chi connectivity index (χ4n) is 2.32. The predicted octanol–water partition coefficient (Wildman–Crippen LogP) is 0.797. The lowest BCUT2D eigenvalue weighted by molar-refractivity contribution is -0.144. The molecule has 8 nitrogen and oxygen atoms in total. The lowest BCUT2D eigenvalue weighted by Crippen LogP contribution is -2.53. The van der Waals surface area contributed by atoms with Gasteiger partial charge in [0.15, 0.2) is 0 Å². The van der Waals surface area contributed by atoms with Crippen molar-refractivity contribution in [1.82, 2.24) is 9.80 Å². The van der Waals surface area contributed by atoms with Crippen LogP contribution in [0.3, 0.4) is 0 Å². The summed E-state index contributed by atoms with van der Waals surface area (Å²) in [5.41, 5.74) is 0.578. The highest BCUT2D eigenvalue weighted by molar-refractivity contribution is 6.39. The molecule has 126 valence electrons. The Kier molecular flexibility index (Phi) is 5.73. The topological polar surface area (TPSA) is 103 Å². The third-order valence-corrected chi connectivity index (χ3v) is 3.58. The van der Waals surface area contributed by atoms with Gasteiger partial charge in [-0.2, -0.15) is 5.26 Å². The highest BCUT2D eigenvalue weighted by Gasteiger charge is 2.28. The SMILES string of the molecule is CCOC(=O)N1CCN(C(=O)C(=O)Nc2ccccc2C#N)CC1. The molecule has 1 heterocycles. The molecule has 0 aliphatic carbocycles. The van der Waals surface area contributed by atoms with Gasteiger partial charge in [0.2, 0.25) is 0 Å². The summed E-state index contributed by atoms with van der Waals surface area (Å²) in [4.78, 5) is 38.8. The van der Waals surface area contributed by atoms with Gasteiger partial charge in [-0.05, 0) is 19.1 Å². The Hall–Kier alpha value is -3.08. The Morgan fingerprint density at radius 3 is 2.42 bits per heavy atom. The first-order valence-electron chi connectivity index (χ1n) is 7.58. The van der Waals surface area contributed by atoms with Crippen LogP contribution < -0.4 is 5.32 Å². The van der Waals surface area contributed by atoms with Crippen LogP contribution in [0.1, 0.15) is 12.5 Å². The molecule has 1 N–H and O–H groups in total. The number of carbonyl (C=O) groups is 3. The number of benzene rings is 1. The summed E-state index contributed by atoms with van der Waals surface area (Å²) in [6.45, 7) is 3.15. The molecule has 3 amide bonds. The van der Waals surface area contributed by atoms with Crippen molar-refractivity contribution in [2.24, 2.45) is 0 Å². The maximum absolute atomic E-state index is 12.2. The largest absolute Gasteiger partial charge is 0.450 e. The lowest BCUT2D eigenvalue weighted by Gasteiger charge is -2.33. The van der Waals surface area contributed by atoms with E-state index in [0.29, 0.717) is 25.4 Å². The van der Waals surface area contributed by atoms with Crippen molar-refractivity contribution < 1.29 is 19.1 Å². The molecule has 0 atom stereocenters. The molecule has 0 saturated carbocycles. The van der Waals surface area contributed by atoms with Crippen LogP contribution in [0.15, 0.2) is 24.3 Å². The predicted molar refractivity (Wildman–Crippen MR) is 85.0 cm³/mol. The summed E-state index contributed by atoms with van der Waals surface area (Å²) >= 11 is 0. The molecular formula is C16H18N4O4. The first-order valence-corrected chi connectivity index (χ1v) is 7.58. The third kappa shape index (κ3) is 4.01. The minimum atomic E-state index is -0.803. The first kappa shape index (κ1) is 17.3. The number of para-hydroxylation sites is 1. The smallest absolute Gasteiger partial charge is 0.409 e. The van der Waals surface area contributed by atoms with Crippen LogP contribution in [0.2, 0.25) is 0 Å². The Morgan fingerprint density at radius 2 is 1.79 bits per heavy atom. The van der Waals surface area contributed by atoms with Gasteiger partial charge in [-0.25, -0.2) is 4.79 Å². The summed E-state index contributed by atoms with van der Waals surface area (Å²) in [6, 6.07) is 8.40. The highest BCUT2D eigenvalue weighted by atomic mass is 16.6. The third-order valence-electron chi connectivity index (χ3n) is 3.58. The summed E-state index contributed by atoms with van der Waals surface area (Å²) in [6.07, 6.45) is -0.419. The molecule has 1 aromatic carbocycles. The normalized spacial score (nSPS) is 13.8. The van der Waals surface area contributed by atoms with E-state index in [1.54, 1.807) is 31.2 Å². The zero-order chi connectivity index (χ0) is 17.5. The van der Waals surface area contributed by atoms with E-state index < -0.39 is 17.9 Å². The van der Waals surface area contributed by atoms with Crippen LogP contribution in [0.25, 0.3) is 0 Å². The van der Waals surface area contributed by atoms with Crippen LogP contribution >= 0.6 is 0 Å². The maximum atomic E-state index is 12.2. The van der Waals surface area contributed by atoms with Crippen molar-refractivity contribution in [3.63, 3.8) is 0 Å². The van der Waals surface area contributed by atoms with Gasteiger partial charge in [0.1, 0.15) is 6.07 Å². The van der Waals surface area contributed by atoms with Gasteiger partial charge < -0.3 is 19.9 Å². The van der Waals surface area contributed by atoms with Crippen LogP contribution in [0.4, 0.5) is 10.5 Å². The minimum Gasteiger partial charge on any atom is -0.450 e. The van der Waals surface area contributed by atoms with E-state index in [4.69, 9.17) is 10.00 Å². The van der Waals surface area contributed by atoms with Crippen molar-refractivity contribution in [3.8, 4) is 6.07 Å². The summed E-state index contributed by atoms with van der Waals surface area (Å²) in [7, 11) is 0. The van der Waals surface area contributed by atoms with Crippen molar-refractivity contribution in [2.45, 2.75) is 6.92 Å². The zero-order valence-electron chi connectivity index (χ0n) is 13.3. The van der Waals surface area contributed by atoms with Gasteiger partial charge in [0.05, 0.1) is 17.9 Å². The Balaban J connectivity index is 1.92. The number of amides is 3. The molecule has 1 aliphatic heterocycles. The fourth-order valence-corrected chi connectivity index (χ4v) is 2.32. The average Bonchev–Trinajstić information content (AvgIpc) is 2.61. The molecule has 8 heteroatoms. The molecule has 0 spiro atoms. The van der Waals surface area contributed by atoms with Gasteiger partial charge in [-0.1, -0.05) is 12.1 Å². The quantitative estimate of drug-likeness (QED) is 0.808. The number of nitrogens with one attached hydrogen (secondary N) is 1. The number of hydrogen-bond acceptors (Lipinski definition) is 5. The first-order chi connectivity index (χ1) is 11.6. The zero-order valence-corrected chi connectivity index (χ0v) is 13.3. The summed E-state index contributed by atoms with van der Waals surface area (Å²) in [5, 5.41) is 11.5. The number of rotatable bonds is 2. The molecular weight excluding hydrogens is 312 g/mol. The molecule has 0 radical (unpaired) electrons. The average molecular weight is 330 g/mol. The molecule has 0 unspecified atom stereocenters. The summed E-state index contributed by atoms with van der Waals surface area (Å²) in [5.74, 6) is -1.49. The minimum absolute atomic E-state index is 0.255. The van der Waals surface area contributed by atoms with Gasteiger partial charge >= 0.3 is 17.9 Å². The molecule has 1 aromatic rings. The van der Waals surface area contributed by atoms with Crippen molar-refractivity contribution >= 4 is 23.6 Å². The number of piperazine rings is 1. The molecule has 1 fully saturated rings. The lowest BCUT2D eigenvalue weighted by atomic mass is 10.2. The van der Waals surface area contributed by atoms with Gasteiger partial charge in [0, 0.05) is 26.2 Å². The van der Waals surface area contributed by atoms with E-state index in [-0.39, 0.29) is 18.7 Å². The van der Waals surface area contributed by atoms with Crippen LogP contribution in [-0.2, 0) is 14.3 Å². The second-order valence-electron chi connectivity index (χ2n) is 5.09. The second kappa shape index (κ2) is 7.97. The fraction of sp³-hybridized carbons (Fsp3) is 0.375. The van der Waals surface area contributed by atoms with E-state index in [1.807, 2.05) is 6.07 Å². The molecule has 2 rings (SSSR count). The van der Waals surface area contributed by atoms with Gasteiger partial charge in [0.25, 0.3) is 0 Å². The monoisotopic (exact) mass is 330 g/mol. The second-order valence-corrected chi connectivity index (χ2v) is 5.09. The molecule has 0 aromatic heterocycles. The van der Waals surface area contributed by atoms with E-state index in [1.165, 1.54) is 9.80 Å². The van der Waals surface area contributed by atoms with Crippen LogP contribution in [0, 0.1) is 11.3 Å². The van der Waals surface area contributed by atoms with Crippen LogP contribution in [0.5, 0.6) is 0 Å². The number of nitriles is 1. The van der Waals surface area contributed by atoms with Crippen LogP contribution in [-0.4, -0.2) is 60.5 Å². The number of nitrogens with zero attached hydrogens (tertiary/aromatic N) is 3. The Labute approximate surface area is 139 Å². The van der Waals surface area contributed by atoms with Gasteiger partial charge in [-0.3, -0.25) is 9.59 Å². The van der Waals surface area contributed by atoms with Gasteiger partial charge in [-0.15, -0.1) is 0 Å². The molecule has 0 bridgehead atoms.